The van der Waals surface area contributed by atoms with E-state index in [1.165, 1.54) is 99.1 Å². The summed E-state index contributed by atoms with van der Waals surface area (Å²) in [4.78, 5) is 0. The van der Waals surface area contributed by atoms with Gasteiger partial charge in [-0.05, 0) is 151 Å². The molecule has 0 saturated carbocycles. The van der Waals surface area contributed by atoms with Gasteiger partial charge in [-0.2, -0.15) is 0 Å². The molecule has 288 valence electrons. The first-order valence-corrected chi connectivity index (χ1v) is 21.5. The number of benzene rings is 9. The van der Waals surface area contributed by atoms with Crippen LogP contribution in [0, 0.1) is 0 Å². The molecule has 0 unspecified atom stereocenters. The van der Waals surface area contributed by atoms with Crippen molar-refractivity contribution >= 4 is 44.9 Å². The predicted octanol–water partition coefficient (Wildman–Crippen LogP) is 13.2. The Morgan fingerprint density at radius 2 is 0.917 bits per heavy atom. The molecule has 3 aliphatic rings. The zero-order chi connectivity index (χ0) is 40.4. The average molecular weight is 773 g/mol. The molecule has 0 spiro atoms. The first kappa shape index (κ1) is 35.7. The van der Waals surface area contributed by atoms with Crippen LogP contribution in [0.5, 0.6) is 0 Å². The SMILES string of the molecule is CC1(C)OB(c2ccc(-c3c4ccccc4c(-c4ccc5c(c4)C(c4ccccc4)(c4ccccc4)c4cc6c7c(cccc7c4-5)CC6)c4ccccc34)cc2)OC1(C)C. The van der Waals surface area contributed by atoms with Crippen molar-refractivity contribution in [3.8, 4) is 33.4 Å². The molecule has 0 amide bonds. The fourth-order valence-corrected chi connectivity index (χ4v) is 11.0. The summed E-state index contributed by atoms with van der Waals surface area (Å²) >= 11 is 0. The van der Waals surface area contributed by atoms with Crippen LogP contribution in [0.15, 0.2) is 176 Å². The number of rotatable bonds is 5. The van der Waals surface area contributed by atoms with Crippen molar-refractivity contribution in [3.63, 3.8) is 0 Å². The molecule has 0 aromatic heterocycles. The largest absolute Gasteiger partial charge is 0.494 e. The molecule has 1 aliphatic heterocycles. The minimum absolute atomic E-state index is 0.394. The molecule has 2 aliphatic carbocycles. The van der Waals surface area contributed by atoms with Gasteiger partial charge in [0.05, 0.1) is 16.6 Å². The highest BCUT2D eigenvalue weighted by molar-refractivity contribution is 6.62. The summed E-state index contributed by atoms with van der Waals surface area (Å²) in [5.74, 6) is 0. The lowest BCUT2D eigenvalue weighted by Gasteiger charge is -2.34. The van der Waals surface area contributed by atoms with Crippen molar-refractivity contribution in [2.45, 2.75) is 57.2 Å². The summed E-state index contributed by atoms with van der Waals surface area (Å²) < 4.78 is 12.9. The maximum absolute atomic E-state index is 6.44. The van der Waals surface area contributed by atoms with E-state index in [0.717, 1.165) is 18.3 Å². The van der Waals surface area contributed by atoms with Crippen LogP contribution < -0.4 is 5.46 Å². The number of aryl methyl sites for hydroxylation is 2. The summed E-state index contributed by atoms with van der Waals surface area (Å²) in [6.45, 7) is 8.43. The van der Waals surface area contributed by atoms with Gasteiger partial charge in [0.25, 0.3) is 0 Å². The molecule has 60 heavy (non-hydrogen) atoms. The molecule has 0 N–H and O–H groups in total. The van der Waals surface area contributed by atoms with Gasteiger partial charge in [-0.15, -0.1) is 0 Å². The van der Waals surface area contributed by atoms with Gasteiger partial charge in [-0.25, -0.2) is 0 Å². The maximum Gasteiger partial charge on any atom is 0.494 e. The Kier molecular flexibility index (Phi) is 7.65. The van der Waals surface area contributed by atoms with E-state index >= 15 is 0 Å². The number of hydrogen-bond acceptors (Lipinski definition) is 2. The monoisotopic (exact) mass is 772 g/mol. The molecule has 0 radical (unpaired) electrons. The van der Waals surface area contributed by atoms with E-state index in [4.69, 9.17) is 9.31 Å². The lowest BCUT2D eigenvalue weighted by atomic mass is 9.67. The molecule has 1 saturated heterocycles. The van der Waals surface area contributed by atoms with Crippen LogP contribution >= 0.6 is 0 Å². The van der Waals surface area contributed by atoms with E-state index in [9.17, 15) is 0 Å². The van der Waals surface area contributed by atoms with Gasteiger partial charge in [-0.3, -0.25) is 0 Å². The van der Waals surface area contributed by atoms with E-state index in [1.54, 1.807) is 0 Å². The summed E-state index contributed by atoms with van der Waals surface area (Å²) in [7, 11) is -0.404. The van der Waals surface area contributed by atoms with Crippen molar-refractivity contribution in [2.24, 2.45) is 0 Å². The Hall–Kier alpha value is -6.26. The van der Waals surface area contributed by atoms with Gasteiger partial charge in [0.1, 0.15) is 0 Å². The topological polar surface area (TPSA) is 18.5 Å². The van der Waals surface area contributed by atoms with Crippen LogP contribution in [0.3, 0.4) is 0 Å². The fourth-order valence-electron chi connectivity index (χ4n) is 11.0. The standard InChI is InChI=1S/C57H45BO2/c1-55(2)56(3,4)60-58(59-55)42-31-28-37(29-32-42)52-43-21-11-13-23-45(43)53(46-24-14-12-22-44(46)52)39-30-33-47-49(34-39)57(40-17-7-5-8-18-40,41-19-9-6-10-20-41)50-35-38-27-26-36-16-15-25-48(51(36)38)54(47)50/h5-25,28-35H,26-27H2,1-4H3. The van der Waals surface area contributed by atoms with Crippen molar-refractivity contribution in [1.82, 2.24) is 0 Å². The van der Waals surface area contributed by atoms with Gasteiger partial charge in [0.15, 0.2) is 0 Å². The fraction of sp³-hybridized carbons (Fsp3) is 0.158. The van der Waals surface area contributed by atoms with Crippen molar-refractivity contribution in [2.75, 3.05) is 0 Å². The molecule has 3 heteroatoms. The van der Waals surface area contributed by atoms with E-state index in [-0.39, 0.29) is 0 Å². The van der Waals surface area contributed by atoms with Crippen LogP contribution in [-0.4, -0.2) is 18.3 Å². The van der Waals surface area contributed by atoms with Gasteiger partial charge >= 0.3 is 7.12 Å². The summed E-state index contributed by atoms with van der Waals surface area (Å²) in [5, 5.41) is 7.80. The lowest BCUT2D eigenvalue weighted by Crippen LogP contribution is -2.41. The van der Waals surface area contributed by atoms with E-state index < -0.39 is 23.7 Å². The minimum Gasteiger partial charge on any atom is -0.399 e. The van der Waals surface area contributed by atoms with Gasteiger partial charge in [0.2, 0.25) is 0 Å². The van der Waals surface area contributed by atoms with Gasteiger partial charge in [-0.1, -0.05) is 170 Å². The number of hydrogen-bond donors (Lipinski definition) is 0. The highest BCUT2D eigenvalue weighted by atomic mass is 16.7. The molecular weight excluding hydrogens is 727 g/mol. The second-order valence-electron chi connectivity index (χ2n) is 18.1. The normalized spacial score (nSPS) is 16.8. The summed E-state index contributed by atoms with van der Waals surface area (Å²) in [6.07, 6.45) is 2.18. The third kappa shape index (κ3) is 4.91. The first-order valence-electron chi connectivity index (χ1n) is 21.5. The molecule has 2 nitrogen and oxygen atoms in total. The number of fused-ring (bicyclic) bond motifs is 6. The third-order valence-electron chi connectivity index (χ3n) is 14.4. The smallest absolute Gasteiger partial charge is 0.399 e. The Bertz CT molecular complexity index is 3090. The molecule has 9 aromatic carbocycles. The quantitative estimate of drug-likeness (QED) is 0.128. The van der Waals surface area contributed by atoms with Crippen LogP contribution in [0.4, 0.5) is 0 Å². The summed E-state index contributed by atoms with van der Waals surface area (Å²) in [5.41, 5.74) is 15.6. The molecular formula is C57H45BO2. The second kappa shape index (κ2) is 12.9. The van der Waals surface area contributed by atoms with Crippen molar-refractivity contribution in [1.29, 1.82) is 0 Å². The Morgan fingerprint density at radius 1 is 0.417 bits per heavy atom. The molecule has 0 bridgehead atoms. The average Bonchev–Trinajstić information content (AvgIpc) is 3.90. The molecule has 0 atom stereocenters. The maximum atomic E-state index is 6.44. The molecule has 9 aromatic rings. The van der Waals surface area contributed by atoms with Crippen molar-refractivity contribution < 1.29 is 9.31 Å². The first-order chi connectivity index (χ1) is 29.2. The Morgan fingerprint density at radius 3 is 1.50 bits per heavy atom. The Balaban J connectivity index is 1.11. The highest BCUT2D eigenvalue weighted by Crippen LogP contribution is 2.60. The van der Waals surface area contributed by atoms with Crippen molar-refractivity contribution in [3.05, 3.63) is 209 Å². The van der Waals surface area contributed by atoms with E-state index in [1.807, 2.05) is 0 Å². The molecule has 1 heterocycles. The zero-order valence-corrected chi connectivity index (χ0v) is 34.6. The predicted molar refractivity (Wildman–Crippen MR) is 250 cm³/mol. The van der Waals surface area contributed by atoms with Crippen LogP contribution in [0.1, 0.15) is 61.1 Å². The van der Waals surface area contributed by atoms with E-state index in [2.05, 4.69) is 204 Å². The third-order valence-corrected chi connectivity index (χ3v) is 14.4. The summed E-state index contributed by atoms with van der Waals surface area (Å²) in [6, 6.07) is 66.3. The van der Waals surface area contributed by atoms with E-state index in [0.29, 0.717) is 0 Å². The van der Waals surface area contributed by atoms with Crippen LogP contribution in [-0.2, 0) is 27.6 Å². The molecule has 12 rings (SSSR count). The second-order valence-corrected chi connectivity index (χ2v) is 18.1. The lowest BCUT2D eigenvalue weighted by molar-refractivity contribution is 0.00578. The Labute approximate surface area is 352 Å². The molecule has 1 fully saturated rings. The highest BCUT2D eigenvalue weighted by Gasteiger charge is 2.52. The van der Waals surface area contributed by atoms with Gasteiger partial charge < -0.3 is 9.31 Å². The zero-order valence-electron chi connectivity index (χ0n) is 34.6. The van der Waals surface area contributed by atoms with Gasteiger partial charge in [0, 0.05) is 0 Å². The van der Waals surface area contributed by atoms with Crippen LogP contribution in [0.2, 0.25) is 0 Å². The minimum atomic E-state index is -0.503. The van der Waals surface area contributed by atoms with Crippen LogP contribution in [0.25, 0.3) is 65.7 Å².